The minimum absolute atomic E-state index is 0.0646. The molecule has 4 N–H and O–H groups in total. The van der Waals surface area contributed by atoms with Crippen LogP contribution in [0.15, 0.2) is 84.9 Å². The van der Waals surface area contributed by atoms with E-state index < -0.39 is 0 Å². The predicted molar refractivity (Wildman–Crippen MR) is 203 cm³/mol. The molecule has 0 radical (unpaired) electrons. The molecule has 0 heterocycles. The zero-order valence-corrected chi connectivity index (χ0v) is 31.5. The van der Waals surface area contributed by atoms with Crippen LogP contribution in [-0.4, -0.2) is 10.2 Å². The average Bonchev–Trinajstić information content (AvgIpc) is 2.98. The van der Waals surface area contributed by atoms with E-state index in [9.17, 15) is 10.2 Å². The van der Waals surface area contributed by atoms with E-state index in [0.29, 0.717) is 24.6 Å². The third kappa shape index (κ3) is 8.89. The average molecular weight is 649 g/mol. The largest absolute Gasteiger partial charge is 0.507 e. The van der Waals surface area contributed by atoms with Gasteiger partial charge in [0.1, 0.15) is 11.5 Å². The van der Waals surface area contributed by atoms with Crippen LogP contribution in [0.4, 0.5) is 0 Å². The van der Waals surface area contributed by atoms with Crippen molar-refractivity contribution in [3.05, 3.63) is 129 Å². The van der Waals surface area contributed by atoms with Crippen molar-refractivity contribution in [2.75, 3.05) is 0 Å². The van der Waals surface area contributed by atoms with Crippen LogP contribution in [0.2, 0.25) is 0 Å². The number of aromatic hydroxyl groups is 2. The van der Waals surface area contributed by atoms with E-state index in [-0.39, 0.29) is 33.7 Å². The molecule has 4 heteroatoms. The quantitative estimate of drug-likeness (QED) is 0.146. The van der Waals surface area contributed by atoms with Gasteiger partial charge in [-0.15, -0.1) is 0 Å². The van der Waals surface area contributed by atoms with Crippen LogP contribution >= 0.6 is 0 Å². The topological polar surface area (TPSA) is 64.5 Å². The van der Waals surface area contributed by atoms with Crippen molar-refractivity contribution in [2.24, 2.45) is 0 Å². The summed E-state index contributed by atoms with van der Waals surface area (Å²) in [5.74, 6) is 0.718. The number of phenolic OH excluding ortho intramolecular Hbond substituents is 2. The molecule has 0 saturated heterocycles. The molecule has 0 amide bonds. The molecule has 258 valence electrons. The maximum Gasteiger partial charge on any atom is 0.123 e. The first kappa shape index (κ1) is 37.2. The fraction of sp³-hybridized carbons (Fsp3) is 0.455. The molecule has 0 unspecified atom stereocenters. The Morgan fingerprint density at radius 2 is 0.771 bits per heavy atom. The normalized spacial score (nSPS) is 14.2. The van der Waals surface area contributed by atoms with Gasteiger partial charge in [-0.2, -0.15) is 0 Å². The minimum atomic E-state index is -0.206. The second kappa shape index (κ2) is 14.1. The summed E-state index contributed by atoms with van der Waals surface area (Å²) in [7, 11) is 0. The molecule has 0 fully saturated rings. The first-order valence-corrected chi connectivity index (χ1v) is 17.5. The lowest BCUT2D eigenvalue weighted by atomic mass is 9.78. The Labute approximate surface area is 291 Å². The molecule has 0 aromatic heterocycles. The van der Waals surface area contributed by atoms with Crippen molar-refractivity contribution in [2.45, 2.75) is 130 Å². The summed E-state index contributed by atoms with van der Waals surface area (Å²) in [5.41, 5.74) is 7.87. The summed E-state index contributed by atoms with van der Waals surface area (Å²) in [4.78, 5) is 0. The van der Waals surface area contributed by atoms with Gasteiger partial charge in [-0.1, -0.05) is 168 Å². The minimum Gasteiger partial charge on any atom is -0.507 e. The molecule has 4 nitrogen and oxygen atoms in total. The molecule has 0 saturated carbocycles. The van der Waals surface area contributed by atoms with E-state index in [2.05, 4.69) is 167 Å². The van der Waals surface area contributed by atoms with Crippen molar-refractivity contribution in [3.63, 3.8) is 0 Å². The molecule has 0 spiro atoms. The highest BCUT2D eigenvalue weighted by molar-refractivity contribution is 5.50. The molecule has 0 bridgehead atoms. The van der Waals surface area contributed by atoms with Crippen molar-refractivity contribution in [1.29, 1.82) is 0 Å². The summed E-state index contributed by atoms with van der Waals surface area (Å²) >= 11 is 0. The van der Waals surface area contributed by atoms with Gasteiger partial charge < -0.3 is 20.8 Å². The molecule has 48 heavy (non-hydrogen) atoms. The van der Waals surface area contributed by atoms with E-state index in [1.807, 2.05) is 12.1 Å². The summed E-state index contributed by atoms with van der Waals surface area (Å²) in [5, 5.41) is 31.0. The Bertz CT molecular complexity index is 1540. The third-order valence-corrected chi connectivity index (χ3v) is 9.40. The first-order chi connectivity index (χ1) is 22.2. The number of rotatable bonds is 9. The van der Waals surface area contributed by atoms with Gasteiger partial charge in [-0.3, -0.25) is 0 Å². The highest BCUT2D eigenvalue weighted by Gasteiger charge is 2.29. The number of hydrogen-bond donors (Lipinski definition) is 4. The standard InChI is InChI=1S/C44H60N2O2/c1-41(2,3)33-23-31(39(47)35(25-33)43(7,8)9)27-45-37(29-19-15-13-16-20-29)38(30-21-17-14-18-22-30)46-28-32-24-34(42(4,5)6)26-36(40(32)48)44(10,11)12/h13-26,37-38,45-48H,27-28H2,1-12H3/t37-,38-/m1/s1. The number of nitrogens with one attached hydrogen (secondary N) is 2. The lowest BCUT2D eigenvalue weighted by molar-refractivity contribution is 0.369. The fourth-order valence-corrected chi connectivity index (χ4v) is 6.28. The van der Waals surface area contributed by atoms with Crippen LogP contribution in [0.3, 0.4) is 0 Å². The maximum atomic E-state index is 11.6. The molecule has 4 aromatic rings. The van der Waals surface area contributed by atoms with Crippen molar-refractivity contribution in [3.8, 4) is 11.5 Å². The van der Waals surface area contributed by atoms with Gasteiger partial charge in [0, 0.05) is 24.2 Å². The smallest absolute Gasteiger partial charge is 0.123 e. The van der Waals surface area contributed by atoms with Crippen LogP contribution < -0.4 is 10.6 Å². The molecule has 0 aliphatic heterocycles. The van der Waals surface area contributed by atoms with Gasteiger partial charge >= 0.3 is 0 Å². The molecule has 4 aromatic carbocycles. The molecular weight excluding hydrogens is 588 g/mol. The summed E-state index contributed by atoms with van der Waals surface area (Å²) in [6, 6.07) is 29.4. The SMILES string of the molecule is CC(C)(C)c1cc(CN[C@H](c2ccccc2)[C@H](NCc2cc(C(C)(C)C)cc(C(C)(C)C)c2O)c2ccccc2)c(O)c(C(C)(C)C)c1. The van der Waals surface area contributed by atoms with E-state index in [1.165, 1.54) is 11.1 Å². The monoisotopic (exact) mass is 648 g/mol. The first-order valence-electron chi connectivity index (χ1n) is 17.5. The third-order valence-electron chi connectivity index (χ3n) is 9.40. The van der Waals surface area contributed by atoms with Crippen LogP contribution in [0, 0.1) is 0 Å². The zero-order chi connectivity index (χ0) is 35.7. The molecule has 4 rings (SSSR count). The van der Waals surface area contributed by atoms with Crippen molar-refractivity contribution < 1.29 is 10.2 Å². The maximum absolute atomic E-state index is 11.6. The Balaban J connectivity index is 1.80. The number of benzene rings is 4. The highest BCUT2D eigenvalue weighted by Crippen LogP contribution is 2.40. The van der Waals surface area contributed by atoms with Crippen LogP contribution in [0.1, 0.15) is 140 Å². The molecule has 0 aliphatic rings. The number of phenols is 2. The summed E-state index contributed by atoms with van der Waals surface area (Å²) in [6.07, 6.45) is 0. The number of hydrogen-bond acceptors (Lipinski definition) is 4. The van der Waals surface area contributed by atoms with E-state index in [1.54, 1.807) is 0 Å². The highest BCUT2D eigenvalue weighted by atomic mass is 16.3. The van der Waals surface area contributed by atoms with Gasteiger partial charge in [0.25, 0.3) is 0 Å². The van der Waals surface area contributed by atoms with Gasteiger partial charge in [-0.05, 0) is 55.0 Å². The van der Waals surface area contributed by atoms with E-state index in [0.717, 1.165) is 33.4 Å². The Morgan fingerprint density at radius 1 is 0.458 bits per heavy atom. The summed E-state index contributed by atoms with van der Waals surface area (Å²) in [6.45, 7) is 27.2. The Kier molecular flexibility index (Phi) is 10.9. The van der Waals surface area contributed by atoms with Crippen LogP contribution in [0.5, 0.6) is 11.5 Å². The predicted octanol–water partition coefficient (Wildman–Crippen LogP) is 10.6. The zero-order valence-electron chi connectivity index (χ0n) is 31.5. The van der Waals surface area contributed by atoms with Crippen LogP contribution in [-0.2, 0) is 34.7 Å². The van der Waals surface area contributed by atoms with Crippen molar-refractivity contribution >= 4 is 0 Å². The fourth-order valence-electron chi connectivity index (χ4n) is 6.28. The van der Waals surface area contributed by atoms with E-state index >= 15 is 0 Å². The summed E-state index contributed by atoms with van der Waals surface area (Å²) < 4.78 is 0. The van der Waals surface area contributed by atoms with Crippen LogP contribution in [0.25, 0.3) is 0 Å². The molecule has 0 aliphatic carbocycles. The Morgan fingerprint density at radius 3 is 1.04 bits per heavy atom. The lowest BCUT2D eigenvalue weighted by Crippen LogP contribution is -2.35. The van der Waals surface area contributed by atoms with Gasteiger partial charge in [-0.25, -0.2) is 0 Å². The Hall–Kier alpha value is -3.60. The van der Waals surface area contributed by atoms with Gasteiger partial charge in [0.2, 0.25) is 0 Å². The molecular formula is C44H60N2O2. The lowest BCUT2D eigenvalue weighted by Gasteiger charge is -2.32. The van der Waals surface area contributed by atoms with E-state index in [4.69, 9.17) is 0 Å². The molecule has 2 atom stereocenters. The van der Waals surface area contributed by atoms with Crippen molar-refractivity contribution in [1.82, 2.24) is 10.6 Å². The second-order valence-electron chi connectivity index (χ2n) is 17.6. The van der Waals surface area contributed by atoms with Gasteiger partial charge in [0.05, 0.1) is 12.1 Å². The van der Waals surface area contributed by atoms with Gasteiger partial charge in [0.15, 0.2) is 0 Å². The second-order valence-corrected chi connectivity index (χ2v) is 17.6.